The van der Waals surface area contributed by atoms with Crippen LogP contribution in [0.4, 0.5) is 10.5 Å². The third kappa shape index (κ3) is 4.41. The van der Waals surface area contributed by atoms with Crippen LogP contribution in [0.15, 0.2) is 30.5 Å². The quantitative estimate of drug-likeness (QED) is 0.910. The van der Waals surface area contributed by atoms with Gasteiger partial charge in [0.05, 0.1) is 13.7 Å². The van der Waals surface area contributed by atoms with Gasteiger partial charge in [-0.25, -0.2) is 9.78 Å². The summed E-state index contributed by atoms with van der Waals surface area (Å²) in [4.78, 5) is 22.5. The molecular weight excluding hydrogens is 332 g/mol. The molecule has 138 valence electrons. The zero-order valence-electron chi connectivity index (χ0n) is 15.4. The fourth-order valence-corrected chi connectivity index (χ4v) is 2.90. The molecule has 1 aliphatic heterocycles. The molecule has 1 saturated heterocycles. The molecule has 0 saturated carbocycles. The first-order valence-electron chi connectivity index (χ1n) is 8.72. The Morgan fingerprint density at radius 3 is 2.88 bits per heavy atom. The summed E-state index contributed by atoms with van der Waals surface area (Å²) in [5, 5.41) is 2.97. The molecule has 1 fully saturated rings. The predicted molar refractivity (Wildman–Crippen MR) is 98.7 cm³/mol. The van der Waals surface area contributed by atoms with Crippen molar-refractivity contribution in [3.8, 4) is 11.9 Å². The third-order valence-electron chi connectivity index (χ3n) is 4.50. The molecule has 2 heterocycles. The number of piperidine rings is 1. The van der Waals surface area contributed by atoms with E-state index in [1.807, 2.05) is 25.1 Å². The molecule has 1 aromatic heterocycles. The van der Waals surface area contributed by atoms with Crippen LogP contribution in [0.3, 0.4) is 0 Å². The molecule has 3 rings (SSSR count). The molecule has 2 amide bonds. The van der Waals surface area contributed by atoms with Gasteiger partial charge in [0, 0.05) is 24.5 Å². The summed E-state index contributed by atoms with van der Waals surface area (Å²) in [7, 11) is 1.51. The standard InChI is InChI=1S/C19H24N4O3/c1-13-6-7-15(11-14(13)2)21-19(24)23-10-4-5-16(12-23)26-17-8-9-20-18(22-17)25-3/h6-9,11,16H,4-5,10,12H2,1-3H3,(H,21,24). The largest absolute Gasteiger partial charge is 0.472 e. The Labute approximate surface area is 153 Å². The van der Waals surface area contributed by atoms with Crippen LogP contribution >= 0.6 is 0 Å². The summed E-state index contributed by atoms with van der Waals surface area (Å²) in [5.74, 6) is 0.457. The van der Waals surface area contributed by atoms with Crippen LogP contribution in [0.2, 0.25) is 0 Å². The number of hydrogen-bond donors (Lipinski definition) is 1. The van der Waals surface area contributed by atoms with E-state index in [-0.39, 0.29) is 18.1 Å². The number of methoxy groups -OCH3 is 1. The second-order valence-electron chi connectivity index (χ2n) is 6.44. The van der Waals surface area contributed by atoms with E-state index in [2.05, 4.69) is 22.2 Å². The van der Waals surface area contributed by atoms with Gasteiger partial charge in [0.15, 0.2) is 0 Å². The van der Waals surface area contributed by atoms with Crippen molar-refractivity contribution in [1.82, 2.24) is 14.9 Å². The summed E-state index contributed by atoms with van der Waals surface area (Å²) < 4.78 is 10.9. The van der Waals surface area contributed by atoms with Crippen molar-refractivity contribution < 1.29 is 14.3 Å². The molecule has 1 aliphatic rings. The Bertz CT molecular complexity index is 781. The maximum absolute atomic E-state index is 12.6. The third-order valence-corrected chi connectivity index (χ3v) is 4.50. The lowest BCUT2D eigenvalue weighted by Crippen LogP contribution is -2.46. The average molecular weight is 356 g/mol. The summed E-state index contributed by atoms with van der Waals surface area (Å²) in [6.45, 7) is 5.31. The van der Waals surface area contributed by atoms with Crippen molar-refractivity contribution in [2.75, 3.05) is 25.5 Å². The SMILES string of the molecule is COc1nccc(OC2CCCN(C(=O)Nc3ccc(C)c(C)c3)C2)n1. The lowest BCUT2D eigenvalue weighted by Gasteiger charge is -2.32. The van der Waals surface area contributed by atoms with Crippen LogP contribution in [0.5, 0.6) is 11.9 Å². The Morgan fingerprint density at radius 1 is 1.27 bits per heavy atom. The first-order chi connectivity index (χ1) is 12.5. The van der Waals surface area contributed by atoms with Crippen LogP contribution in [0, 0.1) is 13.8 Å². The fourth-order valence-electron chi connectivity index (χ4n) is 2.90. The second kappa shape index (κ2) is 8.03. The number of rotatable bonds is 4. The fraction of sp³-hybridized carbons (Fsp3) is 0.421. The number of likely N-dealkylation sites (tertiary alicyclic amines) is 1. The van der Waals surface area contributed by atoms with Gasteiger partial charge in [-0.2, -0.15) is 4.98 Å². The van der Waals surface area contributed by atoms with E-state index < -0.39 is 0 Å². The molecule has 1 N–H and O–H groups in total. The van der Waals surface area contributed by atoms with Crippen LogP contribution in [0.25, 0.3) is 0 Å². The highest BCUT2D eigenvalue weighted by atomic mass is 16.5. The van der Waals surface area contributed by atoms with Crippen LogP contribution in [-0.4, -0.2) is 47.2 Å². The Kier molecular flexibility index (Phi) is 5.55. The van der Waals surface area contributed by atoms with Gasteiger partial charge < -0.3 is 19.7 Å². The average Bonchev–Trinajstić information content (AvgIpc) is 2.65. The van der Waals surface area contributed by atoms with Gasteiger partial charge in [0.1, 0.15) is 6.10 Å². The van der Waals surface area contributed by atoms with E-state index in [4.69, 9.17) is 9.47 Å². The Balaban J connectivity index is 1.60. The van der Waals surface area contributed by atoms with E-state index in [0.29, 0.717) is 19.0 Å². The van der Waals surface area contributed by atoms with Crippen molar-refractivity contribution in [3.63, 3.8) is 0 Å². The van der Waals surface area contributed by atoms with Gasteiger partial charge in [-0.05, 0) is 49.9 Å². The maximum Gasteiger partial charge on any atom is 0.321 e. The second-order valence-corrected chi connectivity index (χ2v) is 6.44. The van der Waals surface area contributed by atoms with E-state index in [1.165, 1.54) is 12.7 Å². The van der Waals surface area contributed by atoms with Gasteiger partial charge in [-0.15, -0.1) is 0 Å². The van der Waals surface area contributed by atoms with Crippen molar-refractivity contribution >= 4 is 11.7 Å². The number of benzene rings is 1. The molecule has 1 atom stereocenters. The van der Waals surface area contributed by atoms with E-state index in [9.17, 15) is 4.79 Å². The minimum absolute atomic E-state index is 0.103. The molecule has 1 aromatic carbocycles. The topological polar surface area (TPSA) is 76.6 Å². The Morgan fingerprint density at radius 2 is 2.12 bits per heavy atom. The van der Waals surface area contributed by atoms with Gasteiger partial charge in [0.25, 0.3) is 0 Å². The number of carbonyl (C=O) groups excluding carboxylic acids is 1. The zero-order valence-corrected chi connectivity index (χ0v) is 15.4. The molecule has 2 aromatic rings. The summed E-state index contributed by atoms with van der Waals surface area (Å²) in [6.07, 6.45) is 3.25. The van der Waals surface area contributed by atoms with Crippen LogP contribution in [0.1, 0.15) is 24.0 Å². The highest BCUT2D eigenvalue weighted by molar-refractivity contribution is 5.89. The van der Waals surface area contributed by atoms with Gasteiger partial charge >= 0.3 is 12.0 Å². The van der Waals surface area contributed by atoms with E-state index in [1.54, 1.807) is 17.2 Å². The molecule has 7 heteroatoms. The number of amides is 2. The zero-order chi connectivity index (χ0) is 18.5. The van der Waals surface area contributed by atoms with Crippen LogP contribution in [-0.2, 0) is 0 Å². The van der Waals surface area contributed by atoms with Crippen molar-refractivity contribution in [3.05, 3.63) is 41.6 Å². The molecule has 0 radical (unpaired) electrons. The summed E-state index contributed by atoms with van der Waals surface area (Å²) in [6, 6.07) is 7.76. The van der Waals surface area contributed by atoms with Crippen molar-refractivity contribution in [1.29, 1.82) is 0 Å². The monoisotopic (exact) mass is 356 g/mol. The number of hydrogen-bond acceptors (Lipinski definition) is 5. The van der Waals surface area contributed by atoms with Crippen molar-refractivity contribution in [2.45, 2.75) is 32.8 Å². The van der Waals surface area contributed by atoms with E-state index >= 15 is 0 Å². The highest BCUT2D eigenvalue weighted by Crippen LogP contribution is 2.20. The lowest BCUT2D eigenvalue weighted by molar-refractivity contribution is 0.102. The molecule has 7 nitrogen and oxygen atoms in total. The Hall–Kier alpha value is -2.83. The molecule has 0 bridgehead atoms. The molecular formula is C19H24N4O3. The number of urea groups is 1. The summed E-state index contributed by atoms with van der Waals surface area (Å²) >= 11 is 0. The minimum atomic E-state index is -0.109. The molecule has 0 spiro atoms. The highest BCUT2D eigenvalue weighted by Gasteiger charge is 2.25. The lowest BCUT2D eigenvalue weighted by atomic mass is 10.1. The maximum atomic E-state index is 12.6. The normalized spacial score (nSPS) is 16.9. The molecule has 0 aliphatic carbocycles. The summed E-state index contributed by atoms with van der Waals surface area (Å²) in [5.41, 5.74) is 3.16. The van der Waals surface area contributed by atoms with Gasteiger partial charge in [0.2, 0.25) is 5.88 Å². The minimum Gasteiger partial charge on any atom is -0.472 e. The number of nitrogens with one attached hydrogen (secondary N) is 1. The first kappa shape index (κ1) is 18.0. The number of aryl methyl sites for hydroxylation is 2. The smallest absolute Gasteiger partial charge is 0.321 e. The molecule has 1 unspecified atom stereocenters. The number of aromatic nitrogens is 2. The number of nitrogens with zero attached hydrogens (tertiary/aromatic N) is 3. The van der Waals surface area contributed by atoms with Gasteiger partial charge in [-0.1, -0.05) is 6.07 Å². The van der Waals surface area contributed by atoms with Crippen molar-refractivity contribution in [2.24, 2.45) is 0 Å². The van der Waals surface area contributed by atoms with E-state index in [0.717, 1.165) is 24.1 Å². The number of anilines is 1. The van der Waals surface area contributed by atoms with Gasteiger partial charge in [-0.3, -0.25) is 0 Å². The molecule has 26 heavy (non-hydrogen) atoms. The first-order valence-corrected chi connectivity index (χ1v) is 8.72. The number of carbonyl (C=O) groups is 1. The predicted octanol–water partition coefficient (Wildman–Crippen LogP) is 3.18. The van der Waals surface area contributed by atoms with Crippen LogP contribution < -0.4 is 14.8 Å². The number of ether oxygens (including phenoxy) is 2.